The van der Waals surface area contributed by atoms with Gasteiger partial charge in [-0.15, -0.1) is 0 Å². The van der Waals surface area contributed by atoms with Gasteiger partial charge in [0.15, 0.2) is 0 Å². The third kappa shape index (κ3) is 4.33. The molecule has 9 heteroatoms. The number of fused-ring (bicyclic) bond motifs is 2. The van der Waals surface area contributed by atoms with Gasteiger partial charge < -0.3 is 20.4 Å². The molecule has 3 aliphatic heterocycles. The maximum absolute atomic E-state index is 13.6. The first-order valence-corrected chi connectivity index (χ1v) is 11.0. The lowest BCUT2D eigenvalue weighted by Gasteiger charge is -2.29. The number of nitrogens with one attached hydrogen (secondary N) is 2. The smallest absolute Gasteiger partial charge is 0.254 e. The monoisotopic (exact) mass is 444 g/mol. The van der Waals surface area contributed by atoms with Crippen LogP contribution in [0.15, 0.2) is 24.3 Å². The lowest BCUT2D eigenvalue weighted by atomic mass is 9.92. The fourth-order valence-corrected chi connectivity index (χ4v) is 4.91. The molecule has 0 radical (unpaired) electrons. The average molecular weight is 445 g/mol. The fraction of sp³-hybridized carbons (Fsp3) is 0.565. The molecule has 8 nitrogen and oxygen atoms in total. The highest BCUT2D eigenvalue weighted by molar-refractivity contribution is 6.00. The zero-order valence-corrected chi connectivity index (χ0v) is 18.6. The first kappa shape index (κ1) is 22.2. The molecule has 2 N–H and O–H groups in total. The van der Waals surface area contributed by atoms with Crippen LogP contribution in [-0.4, -0.2) is 70.7 Å². The van der Waals surface area contributed by atoms with E-state index in [0.717, 1.165) is 6.07 Å². The predicted molar refractivity (Wildman–Crippen MR) is 114 cm³/mol. The average Bonchev–Trinajstić information content (AvgIpc) is 3.27. The van der Waals surface area contributed by atoms with Crippen LogP contribution in [0.25, 0.3) is 0 Å². The number of hydrogen-bond acceptors (Lipinski definition) is 4. The Bertz CT molecular complexity index is 960. The van der Waals surface area contributed by atoms with Crippen molar-refractivity contribution in [2.45, 2.75) is 64.2 Å². The van der Waals surface area contributed by atoms with Crippen molar-refractivity contribution in [2.24, 2.45) is 5.41 Å². The van der Waals surface area contributed by atoms with Crippen LogP contribution in [0.2, 0.25) is 0 Å². The van der Waals surface area contributed by atoms with Crippen LogP contribution in [0.4, 0.5) is 4.39 Å². The number of hydrogen-bond donors (Lipinski definition) is 2. The van der Waals surface area contributed by atoms with Crippen molar-refractivity contribution in [1.29, 1.82) is 0 Å². The molecule has 4 rings (SSSR count). The Labute approximate surface area is 186 Å². The first-order valence-electron chi connectivity index (χ1n) is 11.0. The first-order chi connectivity index (χ1) is 15.0. The number of carbonyl (C=O) groups excluding carboxylic acids is 4. The minimum atomic E-state index is -0.844. The van der Waals surface area contributed by atoms with Crippen LogP contribution in [0.1, 0.15) is 50.4 Å². The minimum absolute atomic E-state index is 0.116. The van der Waals surface area contributed by atoms with E-state index in [1.54, 1.807) is 0 Å². The van der Waals surface area contributed by atoms with Gasteiger partial charge in [-0.05, 0) is 36.5 Å². The van der Waals surface area contributed by atoms with Crippen molar-refractivity contribution in [3.8, 4) is 0 Å². The molecule has 0 aromatic heterocycles. The van der Waals surface area contributed by atoms with Crippen LogP contribution in [0, 0.1) is 11.2 Å². The zero-order chi connectivity index (χ0) is 23.2. The maximum Gasteiger partial charge on any atom is 0.254 e. The Morgan fingerprint density at radius 2 is 2.00 bits per heavy atom. The molecule has 4 atom stereocenters. The highest BCUT2D eigenvalue weighted by Gasteiger charge is 2.52. The van der Waals surface area contributed by atoms with Crippen LogP contribution >= 0.6 is 0 Å². The molecule has 3 fully saturated rings. The highest BCUT2D eigenvalue weighted by atomic mass is 19.1. The Morgan fingerprint density at radius 3 is 2.69 bits per heavy atom. The van der Waals surface area contributed by atoms with Gasteiger partial charge in [0.05, 0.1) is 6.04 Å². The van der Waals surface area contributed by atoms with E-state index in [1.165, 1.54) is 28.0 Å². The Morgan fingerprint density at radius 1 is 1.25 bits per heavy atom. The van der Waals surface area contributed by atoms with E-state index in [0.29, 0.717) is 25.8 Å². The van der Waals surface area contributed by atoms with Crippen LogP contribution in [-0.2, 0) is 14.4 Å². The second kappa shape index (κ2) is 8.18. The summed E-state index contributed by atoms with van der Waals surface area (Å²) in [6.45, 7) is 6.42. The van der Waals surface area contributed by atoms with Crippen molar-refractivity contribution >= 4 is 23.6 Å². The molecule has 3 saturated heterocycles. The van der Waals surface area contributed by atoms with Gasteiger partial charge in [-0.2, -0.15) is 0 Å². The van der Waals surface area contributed by atoms with E-state index < -0.39 is 29.8 Å². The molecule has 0 spiro atoms. The zero-order valence-electron chi connectivity index (χ0n) is 18.6. The van der Waals surface area contributed by atoms with Gasteiger partial charge in [0, 0.05) is 31.1 Å². The van der Waals surface area contributed by atoms with Gasteiger partial charge >= 0.3 is 0 Å². The standard InChI is InChI=1S/C23H29FN4O4/c1-23(2,3)11-18(29)25-15-10-17-20(30)26-16-7-8-27(19(16)22(32)28(17)12-15)21(31)13-5-4-6-14(24)9-13/h4-6,9,15-17,19H,7-8,10-12H2,1-3H3,(H,25,29)(H,26,30)/t15-,16-,17+,19-/m0/s1. The molecule has 3 heterocycles. The summed E-state index contributed by atoms with van der Waals surface area (Å²) in [7, 11) is 0. The summed E-state index contributed by atoms with van der Waals surface area (Å²) in [5.41, 5.74) is -0.00534. The molecule has 32 heavy (non-hydrogen) atoms. The predicted octanol–water partition coefficient (Wildman–Crippen LogP) is 1.06. The largest absolute Gasteiger partial charge is 0.351 e. The normalized spacial score (nSPS) is 27.5. The molecule has 0 saturated carbocycles. The summed E-state index contributed by atoms with van der Waals surface area (Å²) in [5, 5.41) is 5.86. The molecule has 172 valence electrons. The lowest BCUT2D eigenvalue weighted by molar-refractivity contribution is -0.138. The molecule has 0 unspecified atom stereocenters. The molecular weight excluding hydrogens is 415 g/mol. The number of carbonyl (C=O) groups is 4. The van der Waals surface area contributed by atoms with E-state index in [4.69, 9.17) is 0 Å². The summed E-state index contributed by atoms with van der Waals surface area (Å²) in [4.78, 5) is 54.7. The van der Waals surface area contributed by atoms with E-state index in [1.807, 2.05) is 20.8 Å². The third-order valence-corrected chi connectivity index (χ3v) is 6.25. The molecule has 1 aromatic rings. The Balaban J connectivity index is 1.52. The number of nitrogens with zero attached hydrogens (tertiary/aromatic N) is 2. The summed E-state index contributed by atoms with van der Waals surface area (Å²) in [6.07, 6.45) is 1.13. The molecule has 3 aliphatic rings. The maximum atomic E-state index is 13.6. The Hall–Kier alpha value is -2.97. The highest BCUT2D eigenvalue weighted by Crippen LogP contribution is 2.30. The minimum Gasteiger partial charge on any atom is -0.351 e. The third-order valence-electron chi connectivity index (χ3n) is 6.25. The molecule has 0 bridgehead atoms. The van der Waals surface area contributed by atoms with Gasteiger partial charge in [-0.25, -0.2) is 4.39 Å². The van der Waals surface area contributed by atoms with Crippen LogP contribution in [0.5, 0.6) is 0 Å². The van der Waals surface area contributed by atoms with Crippen molar-refractivity contribution in [3.05, 3.63) is 35.6 Å². The molecular formula is C23H29FN4O4. The Kier molecular flexibility index (Phi) is 5.68. The van der Waals surface area contributed by atoms with E-state index in [2.05, 4.69) is 10.6 Å². The van der Waals surface area contributed by atoms with Crippen LogP contribution < -0.4 is 10.6 Å². The summed E-state index contributed by atoms with van der Waals surface area (Å²) in [6, 6.07) is 3.04. The quantitative estimate of drug-likeness (QED) is 0.728. The summed E-state index contributed by atoms with van der Waals surface area (Å²) >= 11 is 0. The van der Waals surface area contributed by atoms with Gasteiger partial charge in [-0.3, -0.25) is 19.2 Å². The molecule has 1 aromatic carbocycles. The second-order valence-corrected chi connectivity index (χ2v) is 10.1. The molecule has 0 aliphatic carbocycles. The fourth-order valence-electron chi connectivity index (χ4n) is 4.91. The van der Waals surface area contributed by atoms with Crippen molar-refractivity contribution in [3.63, 3.8) is 0 Å². The number of amides is 4. The molecule has 4 amide bonds. The number of likely N-dealkylation sites (tertiary alicyclic amines) is 1. The van der Waals surface area contributed by atoms with E-state index in [9.17, 15) is 23.6 Å². The van der Waals surface area contributed by atoms with Crippen molar-refractivity contribution < 1.29 is 23.6 Å². The summed E-state index contributed by atoms with van der Waals surface area (Å²) in [5.74, 6) is -1.66. The topological polar surface area (TPSA) is 98.8 Å². The van der Waals surface area contributed by atoms with E-state index >= 15 is 0 Å². The lowest BCUT2D eigenvalue weighted by Crippen LogP contribution is -2.52. The SMILES string of the molecule is CC(C)(C)CC(=O)N[C@H]1C[C@@H]2C(=O)N[C@H]3CCN(C(=O)c4cccc(F)c4)[C@@H]3C(=O)N2C1. The summed E-state index contributed by atoms with van der Waals surface area (Å²) < 4.78 is 13.6. The van der Waals surface area contributed by atoms with Gasteiger partial charge in [0.25, 0.3) is 5.91 Å². The van der Waals surface area contributed by atoms with Crippen molar-refractivity contribution in [1.82, 2.24) is 20.4 Å². The van der Waals surface area contributed by atoms with Gasteiger partial charge in [0.2, 0.25) is 17.7 Å². The van der Waals surface area contributed by atoms with Gasteiger partial charge in [0.1, 0.15) is 17.9 Å². The number of rotatable bonds is 3. The van der Waals surface area contributed by atoms with Crippen LogP contribution in [0.3, 0.4) is 0 Å². The number of benzene rings is 1. The van der Waals surface area contributed by atoms with Crippen molar-refractivity contribution in [2.75, 3.05) is 13.1 Å². The van der Waals surface area contributed by atoms with E-state index in [-0.39, 0.29) is 41.3 Å². The second-order valence-electron chi connectivity index (χ2n) is 10.1. The van der Waals surface area contributed by atoms with Gasteiger partial charge in [-0.1, -0.05) is 26.8 Å². The number of halogens is 1.